The Balaban J connectivity index is 1.39. The van der Waals surface area contributed by atoms with Crippen LogP contribution in [-0.2, 0) is 0 Å². The second-order valence-electron chi connectivity index (χ2n) is 6.29. The fourth-order valence-corrected chi connectivity index (χ4v) is 3.21. The van der Waals surface area contributed by atoms with Crippen LogP contribution in [0.5, 0.6) is 0 Å². The SMILES string of the molecule is CN=C(NCCNC(=O)c1ccco1)NC1CCN(c2cccc(Cl)c2)C1. The van der Waals surface area contributed by atoms with E-state index in [0.29, 0.717) is 24.9 Å². The molecule has 0 spiro atoms. The lowest BCUT2D eigenvalue weighted by atomic mass is 10.3. The summed E-state index contributed by atoms with van der Waals surface area (Å²) < 4.78 is 5.06. The van der Waals surface area contributed by atoms with Gasteiger partial charge in [0.2, 0.25) is 0 Å². The largest absolute Gasteiger partial charge is 0.459 e. The smallest absolute Gasteiger partial charge is 0.287 e. The monoisotopic (exact) mass is 389 g/mol. The number of halogens is 1. The van der Waals surface area contributed by atoms with Gasteiger partial charge in [0.25, 0.3) is 5.91 Å². The molecule has 1 saturated heterocycles. The summed E-state index contributed by atoms with van der Waals surface area (Å²) in [5.41, 5.74) is 1.13. The summed E-state index contributed by atoms with van der Waals surface area (Å²) in [6.07, 6.45) is 2.50. The zero-order chi connectivity index (χ0) is 19.1. The van der Waals surface area contributed by atoms with E-state index in [2.05, 4.69) is 31.9 Å². The lowest BCUT2D eigenvalue weighted by molar-refractivity contribution is 0.0926. The number of carbonyl (C=O) groups is 1. The summed E-state index contributed by atoms with van der Waals surface area (Å²) in [7, 11) is 1.74. The van der Waals surface area contributed by atoms with Gasteiger partial charge in [-0.25, -0.2) is 0 Å². The lowest BCUT2D eigenvalue weighted by Crippen LogP contribution is -2.46. The summed E-state index contributed by atoms with van der Waals surface area (Å²) in [5.74, 6) is 0.808. The van der Waals surface area contributed by atoms with Crippen molar-refractivity contribution in [2.45, 2.75) is 12.5 Å². The fraction of sp³-hybridized carbons (Fsp3) is 0.368. The average Bonchev–Trinajstić information content (AvgIpc) is 3.36. The van der Waals surface area contributed by atoms with Gasteiger partial charge >= 0.3 is 0 Å². The highest BCUT2D eigenvalue weighted by molar-refractivity contribution is 6.30. The molecule has 2 aromatic rings. The molecule has 3 rings (SSSR count). The van der Waals surface area contributed by atoms with Crippen LogP contribution in [0.4, 0.5) is 5.69 Å². The summed E-state index contributed by atoms with van der Waals surface area (Å²) >= 11 is 6.09. The Kier molecular flexibility index (Phi) is 6.59. The second kappa shape index (κ2) is 9.32. The molecule has 144 valence electrons. The topological polar surface area (TPSA) is 81.9 Å². The Bertz CT molecular complexity index is 778. The van der Waals surface area contributed by atoms with Crippen LogP contribution in [-0.4, -0.2) is 51.1 Å². The molecular formula is C19H24ClN5O2. The minimum atomic E-state index is -0.224. The molecule has 1 atom stereocenters. The molecule has 0 saturated carbocycles. The van der Waals surface area contributed by atoms with Crippen LogP contribution in [0.1, 0.15) is 17.0 Å². The number of rotatable bonds is 6. The first-order chi connectivity index (χ1) is 13.2. The molecule has 3 N–H and O–H groups in total. The molecule has 1 unspecified atom stereocenters. The van der Waals surface area contributed by atoms with E-state index in [0.717, 1.165) is 36.2 Å². The van der Waals surface area contributed by atoms with Crippen LogP contribution in [0.2, 0.25) is 5.02 Å². The Morgan fingerprint density at radius 3 is 2.89 bits per heavy atom. The third-order valence-corrected chi connectivity index (χ3v) is 4.61. The van der Waals surface area contributed by atoms with Crippen molar-refractivity contribution in [2.24, 2.45) is 4.99 Å². The summed E-state index contributed by atoms with van der Waals surface area (Å²) in [6.45, 7) is 2.89. The minimum Gasteiger partial charge on any atom is -0.459 e. The van der Waals surface area contributed by atoms with Gasteiger partial charge in [0.05, 0.1) is 6.26 Å². The Morgan fingerprint density at radius 2 is 2.15 bits per heavy atom. The highest BCUT2D eigenvalue weighted by Gasteiger charge is 2.23. The predicted molar refractivity (Wildman–Crippen MR) is 108 cm³/mol. The molecule has 0 radical (unpaired) electrons. The number of nitrogens with one attached hydrogen (secondary N) is 3. The van der Waals surface area contributed by atoms with Gasteiger partial charge in [-0.05, 0) is 36.8 Å². The predicted octanol–water partition coefficient (Wildman–Crippen LogP) is 2.11. The quantitative estimate of drug-likeness (QED) is 0.400. The number of nitrogens with zero attached hydrogens (tertiary/aromatic N) is 2. The maximum Gasteiger partial charge on any atom is 0.287 e. The summed E-state index contributed by atoms with van der Waals surface area (Å²) in [5, 5.41) is 10.2. The van der Waals surface area contributed by atoms with E-state index in [-0.39, 0.29) is 5.91 Å². The van der Waals surface area contributed by atoms with Crippen molar-refractivity contribution in [2.75, 3.05) is 38.1 Å². The number of hydrogen-bond donors (Lipinski definition) is 3. The van der Waals surface area contributed by atoms with Crippen LogP contribution in [0.15, 0.2) is 52.1 Å². The van der Waals surface area contributed by atoms with Crippen molar-refractivity contribution < 1.29 is 9.21 Å². The van der Waals surface area contributed by atoms with Gasteiger partial charge in [-0.15, -0.1) is 0 Å². The number of guanidine groups is 1. The molecule has 1 aromatic heterocycles. The van der Waals surface area contributed by atoms with Crippen molar-refractivity contribution in [1.82, 2.24) is 16.0 Å². The number of carbonyl (C=O) groups excluding carboxylic acids is 1. The van der Waals surface area contributed by atoms with E-state index in [1.54, 1.807) is 19.2 Å². The number of aliphatic imine (C=N–C) groups is 1. The van der Waals surface area contributed by atoms with Crippen LogP contribution in [0.25, 0.3) is 0 Å². The average molecular weight is 390 g/mol. The Labute approximate surface area is 163 Å². The maximum absolute atomic E-state index is 11.8. The Hall–Kier alpha value is -2.67. The first-order valence-electron chi connectivity index (χ1n) is 8.95. The molecule has 1 aromatic carbocycles. The van der Waals surface area contributed by atoms with Gasteiger partial charge in [-0.2, -0.15) is 0 Å². The fourth-order valence-electron chi connectivity index (χ4n) is 3.03. The van der Waals surface area contributed by atoms with Crippen LogP contribution < -0.4 is 20.9 Å². The standard InChI is InChI=1S/C19H24ClN5O2/c1-21-19(23-9-8-22-18(26)17-6-3-11-27-17)24-15-7-10-25(13-15)16-5-2-4-14(20)12-16/h2-6,11-12,15H,7-10,13H2,1H3,(H,22,26)(H2,21,23,24). The molecule has 8 heteroatoms. The molecule has 7 nitrogen and oxygen atoms in total. The number of hydrogen-bond acceptors (Lipinski definition) is 4. The Morgan fingerprint density at radius 1 is 1.30 bits per heavy atom. The number of furan rings is 1. The molecule has 27 heavy (non-hydrogen) atoms. The van der Waals surface area contributed by atoms with Crippen molar-refractivity contribution in [1.29, 1.82) is 0 Å². The molecule has 0 aliphatic carbocycles. The third-order valence-electron chi connectivity index (χ3n) is 4.37. The van der Waals surface area contributed by atoms with Crippen molar-refractivity contribution >= 4 is 29.2 Å². The highest BCUT2D eigenvalue weighted by Crippen LogP contribution is 2.23. The van der Waals surface area contributed by atoms with E-state index in [4.69, 9.17) is 16.0 Å². The van der Waals surface area contributed by atoms with E-state index < -0.39 is 0 Å². The second-order valence-corrected chi connectivity index (χ2v) is 6.72. The summed E-state index contributed by atoms with van der Waals surface area (Å²) in [6, 6.07) is 11.5. The normalized spacial score (nSPS) is 17.0. The van der Waals surface area contributed by atoms with Crippen molar-refractivity contribution in [3.05, 3.63) is 53.4 Å². The molecule has 1 amide bonds. The maximum atomic E-state index is 11.8. The number of benzene rings is 1. The minimum absolute atomic E-state index is 0.224. The van der Waals surface area contributed by atoms with Crippen LogP contribution in [0, 0.1) is 0 Å². The first kappa shape index (κ1) is 19.1. The van der Waals surface area contributed by atoms with Crippen LogP contribution >= 0.6 is 11.6 Å². The first-order valence-corrected chi connectivity index (χ1v) is 9.33. The lowest BCUT2D eigenvalue weighted by Gasteiger charge is -2.20. The van der Waals surface area contributed by atoms with Gasteiger partial charge in [0, 0.05) is 50.0 Å². The zero-order valence-corrected chi connectivity index (χ0v) is 16.0. The molecular weight excluding hydrogens is 366 g/mol. The van der Waals surface area contributed by atoms with Gasteiger partial charge in [0.1, 0.15) is 0 Å². The van der Waals surface area contributed by atoms with Crippen LogP contribution in [0.3, 0.4) is 0 Å². The van der Waals surface area contributed by atoms with Gasteiger partial charge in [-0.1, -0.05) is 17.7 Å². The van der Waals surface area contributed by atoms with Gasteiger partial charge in [-0.3, -0.25) is 9.79 Å². The molecule has 0 bridgehead atoms. The molecule has 2 heterocycles. The van der Waals surface area contributed by atoms with Crippen molar-refractivity contribution in [3.63, 3.8) is 0 Å². The van der Waals surface area contributed by atoms with Gasteiger partial charge < -0.3 is 25.3 Å². The summed E-state index contributed by atoms with van der Waals surface area (Å²) in [4.78, 5) is 18.4. The zero-order valence-electron chi connectivity index (χ0n) is 15.2. The van der Waals surface area contributed by atoms with E-state index in [9.17, 15) is 4.79 Å². The number of amides is 1. The van der Waals surface area contributed by atoms with E-state index in [1.807, 2.05) is 18.2 Å². The number of anilines is 1. The molecule has 1 fully saturated rings. The van der Waals surface area contributed by atoms with Crippen molar-refractivity contribution in [3.8, 4) is 0 Å². The van der Waals surface area contributed by atoms with E-state index >= 15 is 0 Å². The van der Waals surface area contributed by atoms with E-state index in [1.165, 1.54) is 6.26 Å². The highest BCUT2D eigenvalue weighted by atomic mass is 35.5. The van der Waals surface area contributed by atoms with Gasteiger partial charge in [0.15, 0.2) is 11.7 Å². The molecule has 1 aliphatic heterocycles. The third kappa shape index (κ3) is 5.40. The molecule has 1 aliphatic rings.